The summed E-state index contributed by atoms with van der Waals surface area (Å²) < 4.78 is 0. The van der Waals surface area contributed by atoms with E-state index in [9.17, 15) is 0 Å². The predicted octanol–water partition coefficient (Wildman–Crippen LogP) is 10.8. The smallest absolute Gasteiger partial charge is 0.0242 e. The van der Waals surface area contributed by atoms with E-state index in [4.69, 9.17) is 6.42 Å². The fourth-order valence-electron chi connectivity index (χ4n) is 3.35. The second kappa shape index (κ2) is 20.6. The molecule has 0 fully saturated rings. The maximum Gasteiger partial charge on any atom is 0.0242 e. The van der Waals surface area contributed by atoms with Crippen molar-refractivity contribution in [1.82, 2.24) is 0 Å². The quantitative estimate of drug-likeness (QED) is 0.191. The first-order chi connectivity index (χ1) is 19.2. The number of aryl methyl sites for hydroxylation is 7. The molecule has 0 radical (unpaired) electrons. The number of hydrogen-bond donors (Lipinski definition) is 0. The summed E-state index contributed by atoms with van der Waals surface area (Å²) in [5.41, 5.74) is 10.4. The van der Waals surface area contributed by atoms with Crippen LogP contribution in [0, 0.1) is 53.9 Å². The van der Waals surface area contributed by atoms with Gasteiger partial charge in [0.1, 0.15) is 0 Å². The average molecular weight is 527 g/mol. The van der Waals surface area contributed by atoms with Gasteiger partial charge in [0.15, 0.2) is 0 Å². The Morgan fingerprint density at radius 2 is 0.850 bits per heavy atom. The molecule has 0 heteroatoms. The minimum absolute atomic E-state index is 0.938. The highest BCUT2D eigenvalue weighted by atomic mass is 13.9. The van der Waals surface area contributed by atoms with E-state index in [2.05, 4.69) is 151 Å². The van der Waals surface area contributed by atoms with Crippen LogP contribution in [0.2, 0.25) is 0 Å². The zero-order valence-electron chi connectivity index (χ0n) is 25.5. The minimum atomic E-state index is 0.938. The van der Waals surface area contributed by atoms with E-state index in [0.29, 0.717) is 0 Å². The van der Waals surface area contributed by atoms with Gasteiger partial charge in [-0.05, 0) is 76.8 Å². The van der Waals surface area contributed by atoms with Crippen LogP contribution in [0.5, 0.6) is 0 Å². The van der Waals surface area contributed by atoms with Gasteiger partial charge in [-0.25, -0.2) is 0 Å². The molecule has 0 aliphatic carbocycles. The van der Waals surface area contributed by atoms with Crippen molar-refractivity contribution < 1.29 is 0 Å². The number of benzene rings is 5. The van der Waals surface area contributed by atoms with Crippen LogP contribution in [-0.2, 0) is 6.42 Å². The molecule has 0 aromatic heterocycles. The third kappa shape index (κ3) is 16.5. The highest BCUT2D eigenvalue weighted by Crippen LogP contribution is 2.03. The Hall–Kier alpha value is -4.34. The molecule has 0 heterocycles. The molecule has 0 spiro atoms. The third-order valence-corrected chi connectivity index (χ3v) is 6.01. The Balaban J connectivity index is 0.000000250. The molecule has 206 valence electrons. The molecule has 0 N–H and O–H groups in total. The molecule has 0 aliphatic heterocycles. The van der Waals surface area contributed by atoms with E-state index < -0.39 is 0 Å². The molecule has 0 saturated heterocycles. The molecule has 0 bridgehead atoms. The normalized spacial score (nSPS) is 8.95. The van der Waals surface area contributed by atoms with Crippen LogP contribution in [0.3, 0.4) is 0 Å². The minimum Gasteiger partial charge on any atom is -0.115 e. The molecule has 5 aromatic carbocycles. The van der Waals surface area contributed by atoms with Crippen molar-refractivity contribution in [3.63, 3.8) is 0 Å². The Bertz CT molecular complexity index is 1300. The van der Waals surface area contributed by atoms with Gasteiger partial charge in [-0.1, -0.05) is 156 Å². The molecule has 0 unspecified atom stereocenters. The predicted molar refractivity (Wildman–Crippen MR) is 178 cm³/mol. The summed E-state index contributed by atoms with van der Waals surface area (Å²) in [6, 6.07) is 45.3. The van der Waals surface area contributed by atoms with Crippen LogP contribution >= 0.6 is 0 Å². The number of terminal acetylenes is 1. The molecule has 0 atom stereocenters. The van der Waals surface area contributed by atoms with Crippen molar-refractivity contribution in [2.45, 2.75) is 54.9 Å². The topological polar surface area (TPSA) is 0 Å². The maximum atomic E-state index is 5.10. The summed E-state index contributed by atoms with van der Waals surface area (Å²) in [5.74, 6) is 2.53. The van der Waals surface area contributed by atoms with E-state index in [-0.39, 0.29) is 0 Å². The van der Waals surface area contributed by atoms with Crippen LogP contribution in [0.25, 0.3) is 0 Å². The summed E-state index contributed by atoms with van der Waals surface area (Å²) in [4.78, 5) is 0. The summed E-state index contributed by atoms with van der Waals surface area (Å²) in [6.07, 6.45) is 6.24. The molecule has 40 heavy (non-hydrogen) atoms. The Morgan fingerprint density at radius 3 is 1.12 bits per heavy atom. The van der Waals surface area contributed by atoms with Gasteiger partial charge < -0.3 is 0 Å². The fourth-order valence-corrected chi connectivity index (χ4v) is 3.35. The lowest BCUT2D eigenvalue weighted by atomic mass is 10.1. The van der Waals surface area contributed by atoms with Crippen molar-refractivity contribution in [2.75, 3.05) is 0 Å². The lowest BCUT2D eigenvalue weighted by molar-refractivity contribution is 1.14. The van der Waals surface area contributed by atoms with Gasteiger partial charge in [0, 0.05) is 5.56 Å². The summed E-state index contributed by atoms with van der Waals surface area (Å²) in [6.45, 7) is 14.8. The maximum absolute atomic E-state index is 5.10. The number of hydrogen-bond acceptors (Lipinski definition) is 0. The second-order valence-corrected chi connectivity index (χ2v) is 9.75. The van der Waals surface area contributed by atoms with Crippen molar-refractivity contribution in [2.24, 2.45) is 0 Å². The van der Waals surface area contributed by atoms with E-state index in [1.807, 2.05) is 36.4 Å². The fraction of sp³-hybridized carbons (Fsp3) is 0.200. The Labute approximate surface area is 244 Å². The first kappa shape index (κ1) is 33.7. The molecule has 0 amide bonds. The van der Waals surface area contributed by atoms with E-state index in [1.165, 1.54) is 38.9 Å². The van der Waals surface area contributed by atoms with Gasteiger partial charge >= 0.3 is 0 Å². The SMILES string of the molecule is C#Cc1ccccc1.CCc1ccccc1.Cc1ccc(C)cc1.Cc1cccc(C)c1.Cc1ccccc1C. The zero-order chi connectivity index (χ0) is 29.6. The standard InChI is InChI=1S/4C8H10.C8H6/c1-7-3-5-8(2)6-4-7;1-7-4-3-5-8(2)6-7;1-7-5-3-4-6-8(7)2;2*1-2-8-6-4-3-5-7-8/h3*3-6H,1-2H3;3-7H,2H2,1H3;1,3-7H. The van der Waals surface area contributed by atoms with Gasteiger partial charge in [0.05, 0.1) is 0 Å². The van der Waals surface area contributed by atoms with Gasteiger partial charge in [-0.15, -0.1) is 6.42 Å². The first-order valence-corrected chi connectivity index (χ1v) is 13.9. The Kier molecular flexibility index (Phi) is 17.4. The van der Waals surface area contributed by atoms with Crippen LogP contribution in [-0.4, -0.2) is 0 Å². The van der Waals surface area contributed by atoms with E-state index >= 15 is 0 Å². The lowest BCUT2D eigenvalue weighted by Crippen LogP contribution is -1.74. The van der Waals surface area contributed by atoms with Gasteiger partial charge in [0.2, 0.25) is 0 Å². The van der Waals surface area contributed by atoms with Crippen molar-refractivity contribution >= 4 is 0 Å². The third-order valence-electron chi connectivity index (χ3n) is 6.01. The summed E-state index contributed by atoms with van der Waals surface area (Å²) >= 11 is 0. The summed E-state index contributed by atoms with van der Waals surface area (Å²) in [5, 5.41) is 0. The molecule has 5 rings (SSSR count). The highest BCUT2D eigenvalue weighted by molar-refractivity contribution is 5.30. The first-order valence-electron chi connectivity index (χ1n) is 13.9. The van der Waals surface area contributed by atoms with Crippen LogP contribution in [0.4, 0.5) is 0 Å². The van der Waals surface area contributed by atoms with Crippen molar-refractivity contribution in [1.29, 1.82) is 0 Å². The van der Waals surface area contributed by atoms with Crippen molar-refractivity contribution in [3.8, 4) is 12.3 Å². The van der Waals surface area contributed by atoms with Gasteiger partial charge in [-0.2, -0.15) is 0 Å². The summed E-state index contributed by atoms with van der Waals surface area (Å²) in [7, 11) is 0. The van der Waals surface area contributed by atoms with Crippen LogP contribution in [0.1, 0.15) is 51.4 Å². The van der Waals surface area contributed by atoms with E-state index in [1.54, 1.807) is 0 Å². The highest BCUT2D eigenvalue weighted by Gasteiger charge is 1.84. The molecule has 0 saturated carbocycles. The lowest BCUT2D eigenvalue weighted by Gasteiger charge is -1.93. The van der Waals surface area contributed by atoms with Crippen LogP contribution < -0.4 is 0 Å². The molecule has 0 nitrogen and oxygen atoms in total. The Morgan fingerprint density at radius 1 is 0.450 bits per heavy atom. The molecular formula is C40H46. The van der Waals surface area contributed by atoms with Crippen LogP contribution in [0.15, 0.2) is 133 Å². The van der Waals surface area contributed by atoms with E-state index in [0.717, 1.165) is 12.0 Å². The average Bonchev–Trinajstić information content (AvgIpc) is 2.98. The largest absolute Gasteiger partial charge is 0.115 e. The molecule has 0 aliphatic rings. The van der Waals surface area contributed by atoms with Gasteiger partial charge in [-0.3, -0.25) is 0 Å². The monoisotopic (exact) mass is 526 g/mol. The zero-order valence-corrected chi connectivity index (χ0v) is 25.5. The number of rotatable bonds is 1. The molecular weight excluding hydrogens is 480 g/mol. The van der Waals surface area contributed by atoms with Crippen molar-refractivity contribution in [3.05, 3.63) is 178 Å². The molecule has 5 aromatic rings. The van der Waals surface area contributed by atoms with Gasteiger partial charge in [0.25, 0.3) is 0 Å². The second-order valence-electron chi connectivity index (χ2n) is 9.75.